The Morgan fingerprint density at radius 1 is 1.07 bits per heavy atom. The molecule has 6 nitrogen and oxygen atoms in total. The van der Waals surface area contributed by atoms with Crippen molar-refractivity contribution in [1.82, 2.24) is 10.1 Å². The zero-order valence-corrected chi connectivity index (χ0v) is 17.9. The number of carbonyl (C=O) groups excluding carboxylic acids is 2. The Labute approximate surface area is 178 Å². The summed E-state index contributed by atoms with van der Waals surface area (Å²) in [5, 5.41) is 7.07. The van der Waals surface area contributed by atoms with Crippen LogP contribution in [0.5, 0.6) is 0 Å². The van der Waals surface area contributed by atoms with Gasteiger partial charge in [0.15, 0.2) is 0 Å². The lowest BCUT2D eigenvalue weighted by Gasteiger charge is -2.35. The average molecular weight is 410 g/mol. The predicted octanol–water partition coefficient (Wildman–Crippen LogP) is 4.83. The fourth-order valence-electron chi connectivity index (χ4n) is 4.75. The van der Waals surface area contributed by atoms with Gasteiger partial charge in [-0.1, -0.05) is 42.1 Å². The van der Waals surface area contributed by atoms with Gasteiger partial charge in [-0.15, -0.1) is 0 Å². The Morgan fingerprint density at radius 3 is 2.63 bits per heavy atom. The maximum Gasteiger partial charge on any atom is 0.294 e. The van der Waals surface area contributed by atoms with E-state index in [1.165, 1.54) is 6.42 Å². The van der Waals surface area contributed by atoms with Crippen molar-refractivity contribution in [3.8, 4) is 0 Å². The number of carbonyl (C=O) groups is 2. The lowest BCUT2D eigenvalue weighted by atomic mass is 9.87. The second kappa shape index (κ2) is 9.02. The van der Waals surface area contributed by atoms with Gasteiger partial charge < -0.3 is 14.7 Å². The molecule has 1 N–H and O–H groups in total. The third-order valence-corrected chi connectivity index (χ3v) is 6.49. The Morgan fingerprint density at radius 2 is 1.87 bits per heavy atom. The van der Waals surface area contributed by atoms with E-state index in [0.29, 0.717) is 12.5 Å². The van der Waals surface area contributed by atoms with Crippen LogP contribution in [0.2, 0.25) is 0 Å². The lowest BCUT2D eigenvalue weighted by Crippen LogP contribution is -2.42. The van der Waals surface area contributed by atoms with Crippen molar-refractivity contribution >= 4 is 17.5 Å². The quantitative estimate of drug-likeness (QED) is 0.785. The molecule has 2 amide bonds. The predicted molar refractivity (Wildman–Crippen MR) is 116 cm³/mol. The molecule has 1 aromatic carbocycles. The van der Waals surface area contributed by atoms with Gasteiger partial charge in [0.05, 0.1) is 5.69 Å². The van der Waals surface area contributed by atoms with Crippen LogP contribution in [-0.4, -0.2) is 35.0 Å². The molecule has 1 saturated heterocycles. The molecule has 0 bridgehead atoms. The van der Waals surface area contributed by atoms with E-state index in [1.54, 1.807) is 6.07 Å². The first kappa shape index (κ1) is 20.6. The SMILES string of the molecule is Cc1ccc(NC(=O)c2cc(C3CCCN(C(=O)C4CCCCC4)C3)no2)c(C)c1. The van der Waals surface area contributed by atoms with Gasteiger partial charge in [-0.25, -0.2) is 0 Å². The van der Waals surface area contributed by atoms with Gasteiger partial charge in [0.25, 0.3) is 5.91 Å². The number of piperidine rings is 1. The number of anilines is 1. The molecule has 1 aromatic heterocycles. The van der Waals surface area contributed by atoms with E-state index in [2.05, 4.69) is 10.5 Å². The van der Waals surface area contributed by atoms with Gasteiger partial charge in [-0.3, -0.25) is 9.59 Å². The van der Waals surface area contributed by atoms with E-state index in [-0.39, 0.29) is 23.5 Å². The van der Waals surface area contributed by atoms with Crippen LogP contribution in [0.25, 0.3) is 0 Å². The molecule has 0 radical (unpaired) electrons. The topological polar surface area (TPSA) is 75.4 Å². The lowest BCUT2D eigenvalue weighted by molar-refractivity contribution is -0.137. The maximum atomic E-state index is 12.9. The molecule has 1 aliphatic heterocycles. The molecule has 1 saturated carbocycles. The molecule has 1 atom stereocenters. The first-order chi connectivity index (χ1) is 14.5. The summed E-state index contributed by atoms with van der Waals surface area (Å²) in [4.78, 5) is 27.5. The molecule has 0 spiro atoms. The summed E-state index contributed by atoms with van der Waals surface area (Å²) < 4.78 is 5.36. The minimum Gasteiger partial charge on any atom is -0.351 e. The first-order valence-corrected chi connectivity index (χ1v) is 11.2. The normalized spacial score (nSPS) is 20.2. The van der Waals surface area contributed by atoms with Crippen molar-refractivity contribution in [1.29, 1.82) is 0 Å². The highest BCUT2D eigenvalue weighted by molar-refractivity contribution is 6.02. The Bertz CT molecular complexity index is 914. The van der Waals surface area contributed by atoms with Crippen LogP contribution in [0.4, 0.5) is 5.69 Å². The third-order valence-electron chi connectivity index (χ3n) is 6.49. The number of nitrogens with zero attached hydrogens (tertiary/aromatic N) is 2. The number of benzene rings is 1. The van der Waals surface area contributed by atoms with Crippen molar-refractivity contribution < 1.29 is 14.1 Å². The number of rotatable bonds is 4. The molecule has 2 heterocycles. The van der Waals surface area contributed by atoms with Crippen molar-refractivity contribution in [2.75, 3.05) is 18.4 Å². The highest BCUT2D eigenvalue weighted by Gasteiger charge is 2.31. The first-order valence-electron chi connectivity index (χ1n) is 11.2. The van der Waals surface area contributed by atoms with Crippen LogP contribution in [0.1, 0.15) is 78.2 Å². The number of aryl methyl sites for hydroxylation is 2. The van der Waals surface area contributed by atoms with Gasteiger partial charge >= 0.3 is 0 Å². The summed E-state index contributed by atoms with van der Waals surface area (Å²) in [7, 11) is 0. The smallest absolute Gasteiger partial charge is 0.294 e. The molecule has 2 fully saturated rings. The third kappa shape index (κ3) is 4.58. The molecule has 4 rings (SSSR count). The zero-order valence-electron chi connectivity index (χ0n) is 17.9. The fraction of sp³-hybridized carbons (Fsp3) is 0.542. The van der Waals surface area contributed by atoms with E-state index in [1.807, 2.05) is 36.9 Å². The van der Waals surface area contributed by atoms with Crippen LogP contribution >= 0.6 is 0 Å². The molecule has 1 unspecified atom stereocenters. The van der Waals surface area contributed by atoms with Gasteiger partial charge in [-0.2, -0.15) is 0 Å². The second-order valence-corrected chi connectivity index (χ2v) is 8.85. The minimum absolute atomic E-state index is 0.123. The summed E-state index contributed by atoms with van der Waals surface area (Å²) >= 11 is 0. The van der Waals surface area contributed by atoms with Crippen molar-refractivity contribution in [3.63, 3.8) is 0 Å². The molecular weight excluding hydrogens is 378 g/mol. The highest BCUT2D eigenvalue weighted by Crippen LogP contribution is 2.31. The van der Waals surface area contributed by atoms with Crippen LogP contribution < -0.4 is 5.32 Å². The molecule has 2 aliphatic rings. The van der Waals surface area contributed by atoms with E-state index in [0.717, 1.165) is 67.6 Å². The minimum atomic E-state index is -0.299. The van der Waals surface area contributed by atoms with E-state index < -0.39 is 0 Å². The summed E-state index contributed by atoms with van der Waals surface area (Å²) in [5.41, 5.74) is 3.69. The van der Waals surface area contributed by atoms with Gasteiger partial charge in [0, 0.05) is 36.7 Å². The highest BCUT2D eigenvalue weighted by atomic mass is 16.5. The van der Waals surface area contributed by atoms with E-state index in [9.17, 15) is 9.59 Å². The molecule has 30 heavy (non-hydrogen) atoms. The summed E-state index contributed by atoms with van der Waals surface area (Å²) in [6.45, 7) is 5.48. The Kier molecular flexibility index (Phi) is 6.21. The van der Waals surface area contributed by atoms with Crippen molar-refractivity contribution in [2.45, 2.75) is 64.7 Å². The van der Waals surface area contributed by atoms with Crippen LogP contribution in [-0.2, 0) is 4.79 Å². The summed E-state index contributed by atoms with van der Waals surface area (Å²) in [5.74, 6) is 0.523. The van der Waals surface area contributed by atoms with E-state index >= 15 is 0 Å². The van der Waals surface area contributed by atoms with Gasteiger partial charge in [-0.05, 0) is 51.2 Å². The van der Waals surface area contributed by atoms with Crippen molar-refractivity contribution in [2.24, 2.45) is 5.92 Å². The molecule has 2 aromatic rings. The van der Waals surface area contributed by atoms with Crippen molar-refractivity contribution in [3.05, 3.63) is 46.8 Å². The largest absolute Gasteiger partial charge is 0.351 e. The molecule has 160 valence electrons. The zero-order chi connectivity index (χ0) is 21.1. The standard InChI is InChI=1S/C24H31N3O3/c1-16-10-11-20(17(2)13-16)25-23(28)22-14-21(26-30-22)19-9-6-12-27(15-19)24(29)18-7-4-3-5-8-18/h10-11,13-14,18-19H,3-9,12,15H2,1-2H3,(H,25,28). The molecule has 1 aliphatic carbocycles. The van der Waals surface area contributed by atoms with E-state index in [4.69, 9.17) is 4.52 Å². The number of aromatic nitrogens is 1. The Hall–Kier alpha value is -2.63. The monoisotopic (exact) mass is 409 g/mol. The maximum absolute atomic E-state index is 12.9. The summed E-state index contributed by atoms with van der Waals surface area (Å²) in [6.07, 6.45) is 7.53. The number of likely N-dealkylation sites (tertiary alicyclic amines) is 1. The number of hydrogen-bond acceptors (Lipinski definition) is 4. The number of nitrogens with one attached hydrogen (secondary N) is 1. The summed E-state index contributed by atoms with van der Waals surface area (Å²) in [6, 6.07) is 7.63. The number of hydrogen-bond donors (Lipinski definition) is 1. The number of amides is 2. The van der Waals surface area contributed by atoms with Crippen LogP contribution in [0, 0.1) is 19.8 Å². The van der Waals surface area contributed by atoms with Crippen LogP contribution in [0.3, 0.4) is 0 Å². The van der Waals surface area contributed by atoms with Gasteiger partial charge in [0.1, 0.15) is 0 Å². The average Bonchev–Trinajstić information content (AvgIpc) is 3.26. The van der Waals surface area contributed by atoms with Crippen LogP contribution in [0.15, 0.2) is 28.8 Å². The fourth-order valence-corrected chi connectivity index (χ4v) is 4.75. The van der Waals surface area contributed by atoms with Gasteiger partial charge in [0.2, 0.25) is 11.7 Å². The second-order valence-electron chi connectivity index (χ2n) is 8.85. The molecular formula is C24H31N3O3. The molecule has 6 heteroatoms. The Balaban J connectivity index is 1.40.